The van der Waals surface area contributed by atoms with Crippen molar-refractivity contribution in [3.63, 3.8) is 0 Å². The number of hydrogen-bond donors (Lipinski definition) is 2. The van der Waals surface area contributed by atoms with E-state index in [0.29, 0.717) is 23.1 Å². The minimum Gasteiger partial charge on any atom is -0.467 e. The van der Waals surface area contributed by atoms with Crippen LogP contribution in [0.3, 0.4) is 0 Å². The van der Waals surface area contributed by atoms with Crippen molar-refractivity contribution in [3.05, 3.63) is 68.6 Å². The van der Waals surface area contributed by atoms with E-state index in [1.807, 2.05) is 17.0 Å². The maximum Gasteiger partial charge on any atom is 0.314 e. The van der Waals surface area contributed by atoms with Crippen LogP contribution in [0.2, 0.25) is 0 Å². The quantitative estimate of drug-likeness (QED) is 0.692. The first-order chi connectivity index (χ1) is 12.6. The highest BCUT2D eigenvalue weighted by molar-refractivity contribution is 5.97. The van der Waals surface area contributed by atoms with Gasteiger partial charge in [-0.2, -0.15) is 0 Å². The van der Waals surface area contributed by atoms with E-state index in [0.717, 1.165) is 31.4 Å². The maximum atomic E-state index is 13.2. The number of aromatic amines is 2. The number of nitrogens with zero attached hydrogens (tertiary/aromatic N) is 1. The Morgan fingerprint density at radius 2 is 1.85 bits per heavy atom. The zero-order valence-electron chi connectivity index (χ0n) is 14.2. The van der Waals surface area contributed by atoms with Crippen LogP contribution in [0, 0.1) is 0 Å². The summed E-state index contributed by atoms with van der Waals surface area (Å²) in [5.74, 6) is 0.682. The van der Waals surface area contributed by atoms with E-state index in [4.69, 9.17) is 4.42 Å². The Labute approximate surface area is 148 Å². The molecule has 4 rings (SSSR count). The van der Waals surface area contributed by atoms with Crippen LogP contribution in [-0.2, 0) is 0 Å². The molecule has 3 heterocycles. The van der Waals surface area contributed by atoms with E-state index in [2.05, 4.69) is 9.97 Å². The third kappa shape index (κ3) is 2.96. The number of fused-ring (bicyclic) bond motifs is 1. The number of furan rings is 1. The summed E-state index contributed by atoms with van der Waals surface area (Å²) >= 11 is 0. The van der Waals surface area contributed by atoms with Crippen molar-refractivity contribution in [1.29, 1.82) is 0 Å². The predicted octanol–water partition coefficient (Wildman–Crippen LogP) is 2.57. The number of nitrogens with one attached hydrogen (secondary N) is 2. The summed E-state index contributed by atoms with van der Waals surface area (Å²) in [5.41, 5.74) is -0.0413. The van der Waals surface area contributed by atoms with E-state index in [1.165, 1.54) is 0 Å². The van der Waals surface area contributed by atoms with Crippen molar-refractivity contribution >= 4 is 16.9 Å². The van der Waals surface area contributed by atoms with Gasteiger partial charge in [0.25, 0.3) is 5.91 Å². The molecule has 7 heteroatoms. The van der Waals surface area contributed by atoms with Crippen LogP contribution in [0.5, 0.6) is 0 Å². The molecule has 0 aliphatic carbocycles. The smallest absolute Gasteiger partial charge is 0.314 e. The van der Waals surface area contributed by atoms with Gasteiger partial charge in [-0.25, -0.2) is 0 Å². The van der Waals surface area contributed by atoms with Gasteiger partial charge < -0.3 is 19.3 Å². The highest BCUT2D eigenvalue weighted by Gasteiger charge is 2.29. The second-order valence-corrected chi connectivity index (χ2v) is 6.55. The number of likely N-dealkylation sites (tertiary alicyclic amines) is 1. The number of amides is 1. The number of benzene rings is 1. The molecule has 1 atom stereocenters. The van der Waals surface area contributed by atoms with Crippen LogP contribution < -0.4 is 11.1 Å². The van der Waals surface area contributed by atoms with Crippen LogP contribution in [0.1, 0.15) is 47.8 Å². The molecular weight excluding hydrogens is 334 g/mol. The number of H-pyrrole nitrogens is 2. The molecule has 0 saturated carbocycles. The zero-order valence-corrected chi connectivity index (χ0v) is 14.2. The number of rotatable bonds is 2. The Kier molecular flexibility index (Phi) is 4.20. The van der Waals surface area contributed by atoms with Crippen molar-refractivity contribution in [2.45, 2.75) is 31.7 Å². The molecule has 7 nitrogen and oxygen atoms in total. The number of hydrogen-bond acceptors (Lipinski definition) is 4. The fourth-order valence-corrected chi connectivity index (χ4v) is 3.54. The summed E-state index contributed by atoms with van der Waals surface area (Å²) in [6, 6.07) is 8.56. The van der Waals surface area contributed by atoms with Crippen molar-refractivity contribution in [3.8, 4) is 0 Å². The first kappa shape index (κ1) is 16.4. The topological polar surface area (TPSA) is 99.2 Å². The van der Waals surface area contributed by atoms with Crippen molar-refractivity contribution in [2.24, 2.45) is 0 Å². The first-order valence-corrected chi connectivity index (χ1v) is 8.74. The Morgan fingerprint density at radius 1 is 1.04 bits per heavy atom. The van der Waals surface area contributed by atoms with Gasteiger partial charge in [0.15, 0.2) is 0 Å². The SMILES string of the molecule is O=C(c1ccc2[nH]c(=O)c(=O)[nH]c2c1)N1CCCCC[C@@H]1c1ccco1. The Balaban J connectivity index is 1.72. The third-order valence-corrected chi connectivity index (χ3v) is 4.85. The van der Waals surface area contributed by atoms with Crippen LogP contribution in [-0.4, -0.2) is 27.3 Å². The van der Waals surface area contributed by atoms with E-state index >= 15 is 0 Å². The molecule has 0 spiro atoms. The summed E-state index contributed by atoms with van der Waals surface area (Å²) in [4.78, 5) is 43.0. The van der Waals surface area contributed by atoms with Gasteiger partial charge in [0.1, 0.15) is 5.76 Å². The molecule has 26 heavy (non-hydrogen) atoms. The van der Waals surface area contributed by atoms with Gasteiger partial charge in [0, 0.05) is 12.1 Å². The molecule has 0 radical (unpaired) electrons. The zero-order chi connectivity index (χ0) is 18.1. The maximum absolute atomic E-state index is 13.2. The second kappa shape index (κ2) is 6.67. The summed E-state index contributed by atoms with van der Waals surface area (Å²) < 4.78 is 5.56. The molecule has 0 unspecified atom stereocenters. The van der Waals surface area contributed by atoms with Gasteiger partial charge in [-0.05, 0) is 43.2 Å². The normalized spacial score (nSPS) is 18.0. The molecule has 1 saturated heterocycles. The van der Waals surface area contributed by atoms with Gasteiger partial charge in [0.05, 0.1) is 23.3 Å². The lowest BCUT2D eigenvalue weighted by atomic mass is 10.1. The fourth-order valence-electron chi connectivity index (χ4n) is 3.54. The van der Waals surface area contributed by atoms with E-state index in [9.17, 15) is 14.4 Å². The Morgan fingerprint density at radius 3 is 2.62 bits per heavy atom. The monoisotopic (exact) mass is 353 g/mol. The minimum absolute atomic E-state index is 0.0923. The number of aromatic nitrogens is 2. The van der Waals surface area contributed by atoms with E-state index < -0.39 is 11.1 Å². The summed E-state index contributed by atoms with van der Waals surface area (Å²) in [6.45, 7) is 0.657. The second-order valence-electron chi connectivity index (χ2n) is 6.55. The molecule has 1 amide bonds. The lowest BCUT2D eigenvalue weighted by Crippen LogP contribution is -2.35. The Hall–Kier alpha value is -3.09. The van der Waals surface area contributed by atoms with Crippen LogP contribution in [0.15, 0.2) is 50.6 Å². The van der Waals surface area contributed by atoms with E-state index in [-0.39, 0.29) is 11.9 Å². The van der Waals surface area contributed by atoms with Crippen molar-refractivity contribution in [2.75, 3.05) is 6.54 Å². The van der Waals surface area contributed by atoms with Crippen LogP contribution in [0.25, 0.3) is 11.0 Å². The summed E-state index contributed by atoms with van der Waals surface area (Å²) in [5, 5.41) is 0. The number of carbonyl (C=O) groups is 1. The molecule has 134 valence electrons. The molecule has 1 aliphatic heterocycles. The lowest BCUT2D eigenvalue weighted by molar-refractivity contribution is 0.0658. The third-order valence-electron chi connectivity index (χ3n) is 4.85. The largest absolute Gasteiger partial charge is 0.467 e. The lowest BCUT2D eigenvalue weighted by Gasteiger charge is -2.28. The minimum atomic E-state index is -0.731. The Bertz CT molecular complexity index is 1050. The summed E-state index contributed by atoms with van der Waals surface area (Å²) in [6.07, 6.45) is 5.55. The number of carbonyl (C=O) groups excluding carboxylic acids is 1. The van der Waals surface area contributed by atoms with Crippen LogP contribution >= 0.6 is 0 Å². The highest BCUT2D eigenvalue weighted by Crippen LogP contribution is 2.31. The van der Waals surface area contributed by atoms with Gasteiger partial charge >= 0.3 is 11.1 Å². The molecule has 0 bridgehead atoms. The molecule has 2 aromatic heterocycles. The van der Waals surface area contributed by atoms with Gasteiger partial charge in [-0.3, -0.25) is 14.4 Å². The summed E-state index contributed by atoms with van der Waals surface area (Å²) in [7, 11) is 0. The predicted molar refractivity (Wildman–Crippen MR) is 96.1 cm³/mol. The molecule has 1 aliphatic rings. The van der Waals surface area contributed by atoms with Gasteiger partial charge in [-0.1, -0.05) is 12.8 Å². The van der Waals surface area contributed by atoms with Crippen molar-refractivity contribution in [1.82, 2.24) is 14.9 Å². The molecular formula is C19H19N3O4. The fraction of sp³-hybridized carbons (Fsp3) is 0.316. The molecule has 1 aromatic carbocycles. The van der Waals surface area contributed by atoms with Gasteiger partial charge in [0.2, 0.25) is 0 Å². The molecule has 3 aromatic rings. The highest BCUT2D eigenvalue weighted by atomic mass is 16.3. The van der Waals surface area contributed by atoms with E-state index in [1.54, 1.807) is 24.5 Å². The average molecular weight is 353 g/mol. The standard InChI is InChI=1S/C19H19N3O4/c23-17-18(24)21-14-11-12(7-8-13(14)20-17)19(25)22-9-3-1-2-5-15(22)16-6-4-10-26-16/h4,6-8,10-11,15H,1-3,5,9H2,(H,20,23)(H,21,24)/t15-/m1/s1. The van der Waals surface area contributed by atoms with Crippen molar-refractivity contribution < 1.29 is 9.21 Å². The molecule has 1 fully saturated rings. The van der Waals surface area contributed by atoms with Gasteiger partial charge in [-0.15, -0.1) is 0 Å². The molecule has 2 N–H and O–H groups in total. The average Bonchev–Trinajstić information content (AvgIpc) is 3.06. The van der Waals surface area contributed by atoms with Crippen LogP contribution in [0.4, 0.5) is 0 Å². The first-order valence-electron chi connectivity index (χ1n) is 8.74.